The van der Waals surface area contributed by atoms with Gasteiger partial charge in [0.1, 0.15) is 0 Å². The number of carbonyl (C=O) groups excluding carboxylic acids is 2. The van der Waals surface area contributed by atoms with Crippen LogP contribution in [0.25, 0.3) is 0 Å². The Labute approximate surface area is 156 Å². The van der Waals surface area contributed by atoms with Crippen molar-refractivity contribution in [1.29, 1.82) is 0 Å². The molecule has 3 nitrogen and oxygen atoms in total. The maximum atomic E-state index is 12.5. The molecule has 118 valence electrons. The molecule has 0 fully saturated rings. The second-order valence-corrected chi connectivity index (χ2v) is 6.97. The molecule has 0 unspecified atom stereocenters. The van der Waals surface area contributed by atoms with E-state index in [1.807, 2.05) is 0 Å². The predicted octanol–water partition coefficient (Wildman–Crippen LogP) is 5.07. The minimum Gasteiger partial charge on any atom is -0.289 e. The van der Waals surface area contributed by atoms with Gasteiger partial charge in [-0.3, -0.25) is 14.6 Å². The number of hydrogen-bond donors (Lipinski definition) is 0. The highest BCUT2D eigenvalue weighted by Crippen LogP contribution is 2.17. The Kier molecular flexibility index (Phi) is 5.02. The molecule has 24 heavy (non-hydrogen) atoms. The predicted molar refractivity (Wildman–Crippen MR) is 99.4 cm³/mol. The van der Waals surface area contributed by atoms with Crippen molar-refractivity contribution in [1.82, 2.24) is 4.98 Å². The van der Waals surface area contributed by atoms with Crippen molar-refractivity contribution in [2.24, 2.45) is 0 Å². The zero-order valence-corrected chi connectivity index (χ0v) is 15.5. The fourth-order valence-electron chi connectivity index (χ4n) is 2.22. The molecule has 0 N–H and O–H groups in total. The standard InChI is InChI=1S/C19H11Br2NO2/c20-16-5-1-12(2-6-16)18(23)14-9-15(11-22-10-14)19(24)13-3-7-17(21)8-4-13/h1-11H. The van der Waals surface area contributed by atoms with Crippen molar-refractivity contribution in [3.8, 4) is 0 Å². The summed E-state index contributed by atoms with van der Waals surface area (Å²) in [5.74, 6) is -0.332. The van der Waals surface area contributed by atoms with Crippen LogP contribution in [0.15, 0.2) is 75.9 Å². The second kappa shape index (κ2) is 7.20. The van der Waals surface area contributed by atoms with Crippen LogP contribution in [0.4, 0.5) is 0 Å². The van der Waals surface area contributed by atoms with Crippen LogP contribution in [0.2, 0.25) is 0 Å². The topological polar surface area (TPSA) is 47.0 Å². The summed E-state index contributed by atoms with van der Waals surface area (Å²) in [5.41, 5.74) is 1.88. The van der Waals surface area contributed by atoms with E-state index in [0.29, 0.717) is 22.3 Å². The highest BCUT2D eigenvalue weighted by molar-refractivity contribution is 9.10. The van der Waals surface area contributed by atoms with Crippen molar-refractivity contribution in [3.63, 3.8) is 0 Å². The van der Waals surface area contributed by atoms with Crippen molar-refractivity contribution in [2.75, 3.05) is 0 Å². The molecule has 3 rings (SSSR count). The monoisotopic (exact) mass is 443 g/mol. The maximum Gasteiger partial charge on any atom is 0.194 e. The lowest BCUT2D eigenvalue weighted by molar-refractivity contribution is 0.103. The van der Waals surface area contributed by atoms with Gasteiger partial charge in [-0.2, -0.15) is 0 Å². The van der Waals surface area contributed by atoms with E-state index in [-0.39, 0.29) is 11.6 Å². The number of nitrogens with zero attached hydrogens (tertiary/aromatic N) is 1. The normalized spacial score (nSPS) is 10.4. The first kappa shape index (κ1) is 16.7. The van der Waals surface area contributed by atoms with Crippen LogP contribution in [-0.2, 0) is 0 Å². The average molecular weight is 445 g/mol. The Morgan fingerprint density at radius 1 is 0.625 bits per heavy atom. The number of halogens is 2. The number of benzene rings is 2. The summed E-state index contributed by atoms with van der Waals surface area (Å²) in [6, 6.07) is 15.7. The number of carbonyl (C=O) groups is 2. The molecule has 3 aromatic rings. The van der Waals surface area contributed by atoms with Gasteiger partial charge in [0.05, 0.1) is 0 Å². The van der Waals surface area contributed by atoms with Gasteiger partial charge in [0.2, 0.25) is 0 Å². The Balaban J connectivity index is 1.91. The molecule has 1 aromatic heterocycles. The number of aromatic nitrogens is 1. The molecule has 0 aliphatic rings. The van der Waals surface area contributed by atoms with E-state index in [9.17, 15) is 9.59 Å². The molecule has 0 aliphatic carbocycles. The van der Waals surface area contributed by atoms with Gasteiger partial charge in [-0.1, -0.05) is 31.9 Å². The Hall–Kier alpha value is -2.11. The minimum atomic E-state index is -0.166. The molecule has 0 saturated carbocycles. The maximum absolute atomic E-state index is 12.5. The molecular formula is C19H11Br2NO2. The number of hydrogen-bond acceptors (Lipinski definition) is 3. The van der Waals surface area contributed by atoms with Crippen molar-refractivity contribution in [2.45, 2.75) is 0 Å². The van der Waals surface area contributed by atoms with Crippen molar-refractivity contribution < 1.29 is 9.59 Å². The first-order valence-corrected chi connectivity index (χ1v) is 8.69. The summed E-state index contributed by atoms with van der Waals surface area (Å²) in [6.07, 6.45) is 2.95. The van der Waals surface area contributed by atoms with Crippen LogP contribution >= 0.6 is 31.9 Å². The Morgan fingerprint density at radius 3 is 1.38 bits per heavy atom. The van der Waals surface area contributed by atoms with Crippen LogP contribution < -0.4 is 0 Å². The van der Waals surface area contributed by atoms with Crippen LogP contribution in [0, 0.1) is 0 Å². The third kappa shape index (κ3) is 3.68. The zero-order chi connectivity index (χ0) is 17.1. The zero-order valence-electron chi connectivity index (χ0n) is 12.4. The molecule has 0 atom stereocenters. The molecule has 0 spiro atoms. The molecular weight excluding hydrogens is 434 g/mol. The van der Waals surface area contributed by atoms with Crippen LogP contribution in [-0.4, -0.2) is 16.6 Å². The smallest absolute Gasteiger partial charge is 0.194 e. The van der Waals surface area contributed by atoms with E-state index >= 15 is 0 Å². The van der Waals surface area contributed by atoms with Gasteiger partial charge >= 0.3 is 0 Å². The third-order valence-corrected chi connectivity index (χ3v) is 4.53. The average Bonchev–Trinajstić information content (AvgIpc) is 2.62. The van der Waals surface area contributed by atoms with E-state index in [1.54, 1.807) is 54.6 Å². The Bertz CT molecular complexity index is 831. The molecule has 0 bridgehead atoms. The number of rotatable bonds is 4. The van der Waals surface area contributed by atoms with Gasteiger partial charge in [-0.15, -0.1) is 0 Å². The highest BCUT2D eigenvalue weighted by atomic mass is 79.9. The van der Waals surface area contributed by atoms with Crippen molar-refractivity contribution in [3.05, 3.63) is 98.2 Å². The fraction of sp³-hybridized carbons (Fsp3) is 0. The van der Waals surface area contributed by atoms with Gasteiger partial charge in [-0.05, 0) is 54.6 Å². The SMILES string of the molecule is O=C(c1ccc(Br)cc1)c1cncc(C(=O)c2ccc(Br)cc2)c1. The van der Waals surface area contributed by atoms with Gasteiger partial charge < -0.3 is 0 Å². The summed E-state index contributed by atoms with van der Waals surface area (Å²) in [7, 11) is 0. The molecule has 0 saturated heterocycles. The quantitative estimate of drug-likeness (QED) is 0.528. The minimum absolute atomic E-state index is 0.166. The molecule has 0 amide bonds. The molecule has 1 heterocycles. The lowest BCUT2D eigenvalue weighted by Gasteiger charge is -2.05. The third-order valence-electron chi connectivity index (χ3n) is 3.48. The lowest BCUT2D eigenvalue weighted by Crippen LogP contribution is -2.07. The first-order chi connectivity index (χ1) is 11.5. The molecule has 2 aromatic carbocycles. The fourth-order valence-corrected chi connectivity index (χ4v) is 2.75. The largest absolute Gasteiger partial charge is 0.289 e. The van der Waals surface area contributed by atoms with E-state index in [4.69, 9.17) is 0 Å². The van der Waals surface area contributed by atoms with E-state index in [0.717, 1.165) is 8.95 Å². The second-order valence-electron chi connectivity index (χ2n) is 5.13. The number of pyridine rings is 1. The van der Waals surface area contributed by atoms with Crippen LogP contribution in [0.3, 0.4) is 0 Å². The van der Waals surface area contributed by atoms with Gasteiger partial charge in [0.15, 0.2) is 11.6 Å². The van der Waals surface area contributed by atoms with E-state index in [2.05, 4.69) is 36.8 Å². The molecule has 0 radical (unpaired) electrons. The summed E-state index contributed by atoms with van der Waals surface area (Å²) >= 11 is 6.68. The van der Waals surface area contributed by atoms with Crippen molar-refractivity contribution >= 4 is 43.4 Å². The summed E-state index contributed by atoms with van der Waals surface area (Å²) in [4.78, 5) is 29.1. The summed E-state index contributed by atoms with van der Waals surface area (Å²) in [6.45, 7) is 0. The van der Waals surface area contributed by atoms with Crippen LogP contribution in [0.1, 0.15) is 31.8 Å². The summed E-state index contributed by atoms with van der Waals surface area (Å²) < 4.78 is 1.80. The summed E-state index contributed by atoms with van der Waals surface area (Å²) in [5, 5.41) is 0. The van der Waals surface area contributed by atoms with E-state index in [1.165, 1.54) is 12.4 Å². The Morgan fingerprint density at radius 2 is 1.00 bits per heavy atom. The highest BCUT2D eigenvalue weighted by Gasteiger charge is 2.14. The van der Waals surface area contributed by atoms with Gasteiger partial charge in [0.25, 0.3) is 0 Å². The van der Waals surface area contributed by atoms with Crippen LogP contribution in [0.5, 0.6) is 0 Å². The first-order valence-electron chi connectivity index (χ1n) is 7.10. The lowest BCUT2D eigenvalue weighted by atomic mass is 10.00. The van der Waals surface area contributed by atoms with E-state index < -0.39 is 0 Å². The molecule has 0 aliphatic heterocycles. The molecule has 5 heteroatoms. The van der Waals surface area contributed by atoms with Gasteiger partial charge in [0, 0.05) is 43.6 Å². The number of ketones is 2. The van der Waals surface area contributed by atoms with Gasteiger partial charge in [-0.25, -0.2) is 0 Å².